The molecule has 5 rings (SSSR count). The third-order valence-electron chi connectivity index (χ3n) is 8.53. The zero-order chi connectivity index (χ0) is 20.2. The Hall–Kier alpha value is -1.31. The number of fused-ring (bicyclic) bond motifs is 3. The normalized spacial score (nSPS) is 34.1. The van der Waals surface area contributed by atoms with Gasteiger partial charge in [0, 0.05) is 0 Å². The van der Waals surface area contributed by atoms with Crippen molar-refractivity contribution >= 4 is 5.97 Å². The summed E-state index contributed by atoms with van der Waals surface area (Å²) in [5.74, 6) is 1.15. The number of carbonyl (C=O) groups excluding carboxylic acids is 1. The smallest absolute Gasteiger partial charge is 0.309 e. The van der Waals surface area contributed by atoms with Crippen LogP contribution in [0.2, 0.25) is 0 Å². The lowest BCUT2D eigenvalue weighted by Gasteiger charge is -2.53. The number of carbonyl (C=O) groups is 1. The molecule has 0 N–H and O–H groups in total. The van der Waals surface area contributed by atoms with Crippen molar-refractivity contribution < 1.29 is 9.53 Å². The van der Waals surface area contributed by atoms with Crippen molar-refractivity contribution in [2.24, 2.45) is 11.8 Å². The lowest BCUT2D eigenvalue weighted by molar-refractivity contribution is -0.179. The van der Waals surface area contributed by atoms with Crippen molar-refractivity contribution in [1.82, 2.24) is 0 Å². The number of unbranched alkanes of at least 4 members (excludes halogenated alkanes) is 3. The summed E-state index contributed by atoms with van der Waals surface area (Å²) in [6.45, 7) is 2.27. The third-order valence-corrected chi connectivity index (χ3v) is 8.53. The van der Waals surface area contributed by atoms with E-state index in [0.717, 1.165) is 38.0 Å². The van der Waals surface area contributed by atoms with E-state index in [9.17, 15) is 4.79 Å². The lowest BCUT2D eigenvalue weighted by atomic mass is 9.56. The van der Waals surface area contributed by atoms with Crippen LogP contribution in [0.3, 0.4) is 0 Å². The Morgan fingerprint density at radius 1 is 0.897 bits per heavy atom. The number of benzene rings is 1. The van der Waals surface area contributed by atoms with Crippen LogP contribution in [0.4, 0.5) is 0 Å². The van der Waals surface area contributed by atoms with E-state index in [2.05, 4.69) is 37.3 Å². The zero-order valence-corrected chi connectivity index (χ0v) is 18.5. The molecule has 160 valence electrons. The first kappa shape index (κ1) is 20.9. The Labute approximate surface area is 177 Å². The average Bonchev–Trinajstić information content (AvgIpc) is 2.79. The SMILES string of the molecule is CCCCCCC1CCC(C(=O)OC23CCC(c4ccccc4)(CC2)CC3)CC1. The van der Waals surface area contributed by atoms with Gasteiger partial charge in [-0.05, 0) is 81.1 Å². The fraction of sp³-hybridized carbons (Fsp3) is 0.741. The van der Waals surface area contributed by atoms with Gasteiger partial charge in [-0.25, -0.2) is 0 Å². The Bertz CT molecular complexity index is 632. The van der Waals surface area contributed by atoms with E-state index in [0.29, 0.717) is 5.41 Å². The van der Waals surface area contributed by atoms with Crippen molar-refractivity contribution in [1.29, 1.82) is 0 Å². The summed E-state index contributed by atoms with van der Waals surface area (Å²) in [6, 6.07) is 11.0. The minimum atomic E-state index is -0.148. The monoisotopic (exact) mass is 396 g/mol. The molecule has 2 bridgehead atoms. The molecular weight excluding hydrogens is 356 g/mol. The standard InChI is InChI=1S/C27H40O2/c1-2-3-4-6-9-22-12-14-23(15-13-22)25(28)29-27-19-16-26(17-20-27,18-21-27)24-10-7-5-8-11-24/h5,7-8,10-11,22-23H,2-4,6,9,12-21H2,1H3. The van der Waals surface area contributed by atoms with Crippen LogP contribution in [0.1, 0.15) is 109 Å². The zero-order valence-electron chi connectivity index (χ0n) is 18.5. The van der Waals surface area contributed by atoms with Gasteiger partial charge in [0.2, 0.25) is 0 Å². The van der Waals surface area contributed by atoms with Crippen LogP contribution in [0.5, 0.6) is 0 Å². The molecule has 29 heavy (non-hydrogen) atoms. The summed E-state index contributed by atoms with van der Waals surface area (Å²) in [4.78, 5) is 13.0. The fourth-order valence-electron chi connectivity index (χ4n) is 6.37. The largest absolute Gasteiger partial charge is 0.459 e. The highest BCUT2D eigenvalue weighted by Crippen LogP contribution is 2.55. The molecule has 4 aliphatic rings. The highest BCUT2D eigenvalue weighted by molar-refractivity contribution is 5.73. The Morgan fingerprint density at radius 2 is 1.55 bits per heavy atom. The molecular formula is C27H40O2. The molecule has 0 aliphatic heterocycles. The second-order valence-corrected chi connectivity index (χ2v) is 10.3. The Kier molecular flexibility index (Phi) is 6.66. The molecule has 0 spiro atoms. The van der Waals surface area contributed by atoms with E-state index in [1.54, 1.807) is 0 Å². The van der Waals surface area contributed by atoms with Crippen molar-refractivity contribution in [2.45, 2.75) is 114 Å². The molecule has 4 aliphatic carbocycles. The Morgan fingerprint density at radius 3 is 2.17 bits per heavy atom. The molecule has 1 aromatic carbocycles. The average molecular weight is 397 g/mol. The first-order valence-electron chi connectivity index (χ1n) is 12.4. The maximum atomic E-state index is 13.0. The number of hydrogen-bond acceptors (Lipinski definition) is 2. The van der Waals surface area contributed by atoms with Gasteiger partial charge in [0.05, 0.1) is 5.92 Å². The first-order chi connectivity index (χ1) is 14.1. The van der Waals surface area contributed by atoms with E-state index < -0.39 is 0 Å². The molecule has 0 heterocycles. The van der Waals surface area contributed by atoms with E-state index in [1.807, 2.05) is 0 Å². The topological polar surface area (TPSA) is 26.3 Å². The minimum absolute atomic E-state index is 0.128. The van der Waals surface area contributed by atoms with Crippen LogP contribution >= 0.6 is 0 Å². The highest BCUT2D eigenvalue weighted by atomic mass is 16.6. The van der Waals surface area contributed by atoms with Crippen LogP contribution in [0, 0.1) is 11.8 Å². The van der Waals surface area contributed by atoms with Gasteiger partial charge in [-0.15, -0.1) is 0 Å². The van der Waals surface area contributed by atoms with Crippen LogP contribution < -0.4 is 0 Å². The van der Waals surface area contributed by atoms with Gasteiger partial charge in [0.25, 0.3) is 0 Å². The lowest BCUT2D eigenvalue weighted by Crippen LogP contribution is -2.51. The maximum absolute atomic E-state index is 13.0. The number of rotatable bonds is 8. The summed E-state index contributed by atoms with van der Waals surface area (Å²) in [7, 11) is 0. The summed E-state index contributed by atoms with van der Waals surface area (Å²) in [5, 5.41) is 0. The van der Waals surface area contributed by atoms with Gasteiger partial charge in [0.1, 0.15) is 5.60 Å². The molecule has 0 aromatic heterocycles. The number of ether oxygens (including phenoxy) is 1. The van der Waals surface area contributed by atoms with Crippen LogP contribution in [-0.4, -0.2) is 11.6 Å². The molecule has 2 nitrogen and oxygen atoms in total. The summed E-state index contributed by atoms with van der Waals surface area (Å²) < 4.78 is 6.30. The van der Waals surface area contributed by atoms with Crippen LogP contribution in [0.15, 0.2) is 30.3 Å². The second-order valence-electron chi connectivity index (χ2n) is 10.3. The van der Waals surface area contributed by atoms with E-state index in [4.69, 9.17) is 4.74 Å². The van der Waals surface area contributed by atoms with Gasteiger partial charge >= 0.3 is 5.97 Å². The Balaban J connectivity index is 1.24. The van der Waals surface area contributed by atoms with Gasteiger partial charge < -0.3 is 4.74 Å². The molecule has 4 fully saturated rings. The number of esters is 1. The molecule has 4 saturated carbocycles. The molecule has 1 aromatic rings. The summed E-state index contributed by atoms with van der Waals surface area (Å²) in [6.07, 6.45) is 18.1. The van der Waals surface area contributed by atoms with Crippen LogP contribution in [-0.2, 0) is 14.9 Å². The van der Waals surface area contributed by atoms with E-state index >= 15 is 0 Å². The number of hydrogen-bond donors (Lipinski definition) is 0. The molecule has 0 radical (unpaired) electrons. The quantitative estimate of drug-likeness (QED) is 0.339. The van der Waals surface area contributed by atoms with Gasteiger partial charge in [-0.1, -0.05) is 69.4 Å². The fourth-order valence-corrected chi connectivity index (χ4v) is 6.37. The van der Waals surface area contributed by atoms with Crippen molar-refractivity contribution in [3.8, 4) is 0 Å². The van der Waals surface area contributed by atoms with E-state index in [-0.39, 0.29) is 17.5 Å². The molecule has 0 amide bonds. The van der Waals surface area contributed by atoms with Gasteiger partial charge in [0.15, 0.2) is 0 Å². The highest BCUT2D eigenvalue weighted by Gasteiger charge is 2.51. The molecule has 0 atom stereocenters. The molecule has 0 saturated heterocycles. The minimum Gasteiger partial charge on any atom is -0.459 e. The third kappa shape index (κ3) is 4.72. The van der Waals surface area contributed by atoms with Crippen LogP contribution in [0.25, 0.3) is 0 Å². The molecule has 2 heteroatoms. The maximum Gasteiger partial charge on any atom is 0.309 e. The predicted molar refractivity (Wildman–Crippen MR) is 119 cm³/mol. The second kappa shape index (κ2) is 9.23. The molecule has 0 unspecified atom stereocenters. The van der Waals surface area contributed by atoms with Crippen molar-refractivity contribution in [3.05, 3.63) is 35.9 Å². The van der Waals surface area contributed by atoms with Crippen molar-refractivity contribution in [3.63, 3.8) is 0 Å². The summed E-state index contributed by atoms with van der Waals surface area (Å²) in [5.41, 5.74) is 1.69. The van der Waals surface area contributed by atoms with Gasteiger partial charge in [-0.2, -0.15) is 0 Å². The van der Waals surface area contributed by atoms with Crippen molar-refractivity contribution in [2.75, 3.05) is 0 Å². The van der Waals surface area contributed by atoms with Gasteiger partial charge in [-0.3, -0.25) is 4.79 Å². The summed E-state index contributed by atoms with van der Waals surface area (Å²) >= 11 is 0. The predicted octanol–water partition coefficient (Wildman–Crippen LogP) is 7.35. The van der Waals surface area contributed by atoms with E-state index in [1.165, 1.54) is 69.8 Å². The first-order valence-corrected chi connectivity index (χ1v) is 12.4.